The second kappa shape index (κ2) is 6.21. The Bertz CT molecular complexity index is 723. The number of rotatable bonds is 5. The molecule has 0 bridgehead atoms. The van der Waals surface area contributed by atoms with E-state index >= 15 is 0 Å². The van der Waals surface area contributed by atoms with Gasteiger partial charge in [0.2, 0.25) is 5.60 Å². The third kappa shape index (κ3) is 3.24. The lowest BCUT2D eigenvalue weighted by atomic mass is 9.97. The fraction of sp³-hybridized carbons (Fsp3) is 0.385. The summed E-state index contributed by atoms with van der Waals surface area (Å²) in [7, 11) is 1.36. The third-order valence-electron chi connectivity index (χ3n) is 3.24. The minimum atomic E-state index is -4.91. The number of hydrogen-bond acceptors (Lipinski definition) is 6. The number of aromatic nitrogens is 4. The second-order valence-corrected chi connectivity index (χ2v) is 4.76. The quantitative estimate of drug-likeness (QED) is 0.860. The maximum absolute atomic E-state index is 13.3. The van der Waals surface area contributed by atoms with Crippen molar-refractivity contribution in [2.24, 2.45) is 7.05 Å². The SMILES string of the molecule is Cn1ccnc1C(O)(CCNc1nccnc1C#N)C(F)(F)F. The minimum Gasteiger partial charge on any atom is -0.374 e. The van der Waals surface area contributed by atoms with Crippen molar-refractivity contribution in [1.29, 1.82) is 5.26 Å². The zero-order chi connectivity index (χ0) is 17.1. The van der Waals surface area contributed by atoms with Gasteiger partial charge in [-0.05, 0) is 0 Å². The molecule has 2 heterocycles. The highest BCUT2D eigenvalue weighted by Crippen LogP contribution is 2.40. The molecule has 23 heavy (non-hydrogen) atoms. The second-order valence-electron chi connectivity index (χ2n) is 4.76. The van der Waals surface area contributed by atoms with E-state index in [2.05, 4.69) is 20.3 Å². The summed E-state index contributed by atoms with van der Waals surface area (Å²) < 4.78 is 41.0. The fourth-order valence-corrected chi connectivity index (χ4v) is 2.06. The zero-order valence-corrected chi connectivity index (χ0v) is 12.0. The Kier molecular flexibility index (Phi) is 4.51. The van der Waals surface area contributed by atoms with Crippen molar-refractivity contribution in [1.82, 2.24) is 19.5 Å². The van der Waals surface area contributed by atoms with E-state index in [1.165, 1.54) is 31.8 Å². The van der Waals surface area contributed by atoms with Gasteiger partial charge in [0.1, 0.15) is 11.9 Å². The van der Waals surface area contributed by atoms with Crippen molar-refractivity contribution in [3.8, 4) is 6.07 Å². The largest absolute Gasteiger partial charge is 0.424 e. The Morgan fingerprint density at radius 3 is 2.52 bits per heavy atom. The zero-order valence-electron chi connectivity index (χ0n) is 12.0. The lowest BCUT2D eigenvalue weighted by Gasteiger charge is -2.30. The van der Waals surface area contributed by atoms with Crippen molar-refractivity contribution in [2.45, 2.75) is 18.2 Å². The van der Waals surface area contributed by atoms with Crippen LogP contribution in [0.1, 0.15) is 17.9 Å². The molecule has 2 aromatic rings. The van der Waals surface area contributed by atoms with Crippen molar-refractivity contribution in [2.75, 3.05) is 11.9 Å². The molecule has 0 aliphatic carbocycles. The lowest BCUT2D eigenvalue weighted by molar-refractivity contribution is -0.271. The number of imidazole rings is 1. The molecule has 0 spiro atoms. The number of nitrogens with zero attached hydrogens (tertiary/aromatic N) is 5. The maximum Gasteiger partial charge on any atom is 0.424 e. The van der Waals surface area contributed by atoms with Gasteiger partial charge >= 0.3 is 6.18 Å². The Balaban J connectivity index is 2.18. The topological polar surface area (TPSA) is 99.7 Å². The number of hydrogen-bond donors (Lipinski definition) is 2. The average molecular weight is 326 g/mol. The first-order valence-electron chi connectivity index (χ1n) is 6.51. The molecule has 0 saturated heterocycles. The third-order valence-corrected chi connectivity index (χ3v) is 3.24. The molecule has 1 unspecified atom stereocenters. The number of halogens is 3. The van der Waals surface area contributed by atoms with Gasteiger partial charge in [0, 0.05) is 44.8 Å². The molecule has 7 nitrogen and oxygen atoms in total. The van der Waals surface area contributed by atoms with E-state index in [1.807, 2.05) is 0 Å². The van der Waals surface area contributed by atoms with E-state index in [4.69, 9.17) is 5.26 Å². The van der Waals surface area contributed by atoms with Crippen molar-refractivity contribution in [3.63, 3.8) is 0 Å². The Labute approximate surface area is 129 Å². The maximum atomic E-state index is 13.3. The standard InChI is InChI=1S/C13H13F3N6O/c1-22-7-6-21-11(22)12(23,13(14,15)16)2-3-19-10-9(8-17)18-4-5-20-10/h4-7,23H,2-3H2,1H3,(H,19,20). The van der Waals surface area contributed by atoms with Gasteiger partial charge < -0.3 is 15.0 Å². The van der Waals surface area contributed by atoms with Crippen LogP contribution in [0.25, 0.3) is 0 Å². The summed E-state index contributed by atoms with van der Waals surface area (Å²) in [5.41, 5.74) is -3.16. The highest BCUT2D eigenvalue weighted by atomic mass is 19.4. The van der Waals surface area contributed by atoms with Crippen molar-refractivity contribution in [3.05, 3.63) is 36.3 Å². The van der Waals surface area contributed by atoms with E-state index in [1.54, 1.807) is 6.07 Å². The van der Waals surface area contributed by atoms with Crippen LogP contribution in [0.15, 0.2) is 24.8 Å². The van der Waals surface area contributed by atoms with Crippen LogP contribution < -0.4 is 5.32 Å². The molecule has 0 aliphatic heterocycles. The summed E-state index contributed by atoms with van der Waals surface area (Å²) in [6.07, 6.45) is -0.523. The van der Waals surface area contributed by atoms with Gasteiger partial charge in [-0.2, -0.15) is 18.4 Å². The molecular formula is C13H13F3N6O. The number of aryl methyl sites for hydroxylation is 1. The first-order valence-corrected chi connectivity index (χ1v) is 6.51. The van der Waals surface area contributed by atoms with Crippen LogP contribution in [-0.2, 0) is 12.6 Å². The predicted molar refractivity (Wildman–Crippen MR) is 73.0 cm³/mol. The summed E-state index contributed by atoms with van der Waals surface area (Å²) in [5, 5.41) is 21.6. The number of aliphatic hydroxyl groups is 1. The van der Waals surface area contributed by atoms with E-state index in [0.29, 0.717) is 0 Å². The minimum absolute atomic E-state index is 0.0416. The van der Waals surface area contributed by atoms with Gasteiger partial charge in [0.25, 0.3) is 0 Å². The first kappa shape index (κ1) is 16.7. The van der Waals surface area contributed by atoms with Crippen LogP contribution in [0, 0.1) is 11.3 Å². The number of alkyl halides is 3. The van der Waals surface area contributed by atoms with Gasteiger partial charge in [-0.15, -0.1) is 0 Å². The Morgan fingerprint density at radius 2 is 1.96 bits per heavy atom. The molecule has 122 valence electrons. The molecule has 10 heteroatoms. The molecule has 2 rings (SSSR count). The summed E-state index contributed by atoms with van der Waals surface area (Å²) in [4.78, 5) is 11.2. The molecule has 0 amide bonds. The Morgan fingerprint density at radius 1 is 1.26 bits per heavy atom. The first-order chi connectivity index (χ1) is 10.8. The van der Waals surface area contributed by atoms with E-state index in [0.717, 1.165) is 4.57 Å². The molecule has 2 aromatic heterocycles. The van der Waals surface area contributed by atoms with Gasteiger partial charge in [-0.25, -0.2) is 15.0 Å². The van der Waals surface area contributed by atoms with E-state index in [-0.39, 0.29) is 18.1 Å². The fourth-order valence-electron chi connectivity index (χ4n) is 2.06. The lowest BCUT2D eigenvalue weighted by Crippen LogP contribution is -2.45. The average Bonchev–Trinajstić information content (AvgIpc) is 2.93. The number of nitriles is 1. The van der Waals surface area contributed by atoms with Gasteiger partial charge in [0.15, 0.2) is 11.5 Å². The summed E-state index contributed by atoms with van der Waals surface area (Å²) in [6.45, 7) is -0.282. The van der Waals surface area contributed by atoms with Crippen LogP contribution in [0.2, 0.25) is 0 Å². The molecular weight excluding hydrogens is 313 g/mol. The number of nitrogens with one attached hydrogen (secondary N) is 1. The normalized spacial score (nSPS) is 14.1. The molecule has 2 N–H and O–H groups in total. The smallest absolute Gasteiger partial charge is 0.374 e. The highest BCUT2D eigenvalue weighted by Gasteiger charge is 2.57. The van der Waals surface area contributed by atoms with Gasteiger partial charge in [-0.1, -0.05) is 0 Å². The summed E-state index contributed by atoms with van der Waals surface area (Å²) in [6, 6.07) is 1.77. The summed E-state index contributed by atoms with van der Waals surface area (Å²) >= 11 is 0. The van der Waals surface area contributed by atoms with Gasteiger partial charge in [-0.3, -0.25) is 0 Å². The van der Waals surface area contributed by atoms with Crippen LogP contribution in [0.5, 0.6) is 0 Å². The molecule has 0 aromatic carbocycles. The summed E-state index contributed by atoms with van der Waals surface area (Å²) in [5.74, 6) is -0.453. The van der Waals surface area contributed by atoms with Crippen LogP contribution in [0.3, 0.4) is 0 Å². The van der Waals surface area contributed by atoms with E-state index in [9.17, 15) is 18.3 Å². The molecule has 0 saturated carbocycles. The van der Waals surface area contributed by atoms with Crippen molar-refractivity contribution < 1.29 is 18.3 Å². The predicted octanol–water partition coefficient (Wildman–Crippen LogP) is 1.33. The molecule has 0 aliphatic rings. The van der Waals surface area contributed by atoms with Gasteiger partial charge in [0.05, 0.1) is 0 Å². The monoisotopic (exact) mass is 326 g/mol. The Hall–Kier alpha value is -2.67. The molecule has 0 radical (unpaired) electrons. The molecule has 1 atom stereocenters. The van der Waals surface area contributed by atoms with Crippen LogP contribution in [0.4, 0.5) is 19.0 Å². The highest BCUT2D eigenvalue weighted by molar-refractivity contribution is 5.46. The van der Waals surface area contributed by atoms with Crippen molar-refractivity contribution >= 4 is 5.82 Å². The van der Waals surface area contributed by atoms with Crippen LogP contribution in [-0.4, -0.2) is 37.3 Å². The van der Waals surface area contributed by atoms with E-state index < -0.39 is 24.0 Å². The molecule has 0 fully saturated rings. The number of anilines is 1. The van der Waals surface area contributed by atoms with Crippen LogP contribution >= 0.6 is 0 Å².